The number of nitrogens with zero attached hydrogens (tertiary/aromatic N) is 2. The van der Waals surface area contributed by atoms with E-state index in [2.05, 4.69) is 26.8 Å². The fourth-order valence-electron chi connectivity index (χ4n) is 4.14. The van der Waals surface area contributed by atoms with Gasteiger partial charge in [-0.2, -0.15) is 0 Å². The molecule has 1 aliphatic heterocycles. The van der Waals surface area contributed by atoms with Crippen molar-refractivity contribution in [1.82, 2.24) is 4.57 Å². The van der Waals surface area contributed by atoms with Gasteiger partial charge in [0.05, 0.1) is 42.7 Å². The topological polar surface area (TPSA) is 88.3 Å². The summed E-state index contributed by atoms with van der Waals surface area (Å²) in [6.07, 6.45) is 7.05. The summed E-state index contributed by atoms with van der Waals surface area (Å²) < 4.78 is 24.4. The number of thiazole rings is 1. The van der Waals surface area contributed by atoms with Gasteiger partial charge >= 0.3 is 5.97 Å². The molecule has 1 aromatic heterocycles. The number of halogens is 1. The summed E-state index contributed by atoms with van der Waals surface area (Å²) in [5.74, 6) is 3.44. The van der Waals surface area contributed by atoms with Crippen LogP contribution in [0.25, 0.3) is 6.08 Å². The minimum absolute atomic E-state index is 0.141. The molecule has 0 amide bonds. The van der Waals surface area contributed by atoms with Crippen molar-refractivity contribution in [3.63, 3.8) is 0 Å². The van der Waals surface area contributed by atoms with Crippen LogP contribution in [0.4, 0.5) is 0 Å². The van der Waals surface area contributed by atoms with Crippen molar-refractivity contribution in [2.45, 2.75) is 19.9 Å². The van der Waals surface area contributed by atoms with Crippen molar-refractivity contribution in [2.75, 3.05) is 27.4 Å². The maximum Gasteiger partial charge on any atom is 0.338 e. The van der Waals surface area contributed by atoms with E-state index in [1.54, 1.807) is 44.2 Å². The molecular weight excluding hydrogens is 572 g/mol. The van der Waals surface area contributed by atoms with E-state index < -0.39 is 12.0 Å². The fraction of sp³-hybridized carbons (Fsp3) is 0.250. The number of allylic oxidation sites excluding steroid dienone is 1. The highest BCUT2D eigenvalue weighted by Gasteiger charge is 2.35. The molecule has 0 radical (unpaired) electrons. The van der Waals surface area contributed by atoms with E-state index in [1.165, 1.54) is 30.1 Å². The quantitative estimate of drug-likeness (QED) is 0.292. The Morgan fingerprint density at radius 2 is 1.97 bits per heavy atom. The van der Waals surface area contributed by atoms with Gasteiger partial charge in [0, 0.05) is 4.47 Å². The van der Waals surface area contributed by atoms with Gasteiger partial charge in [0.1, 0.15) is 12.4 Å². The molecule has 0 spiro atoms. The molecule has 10 heteroatoms. The summed E-state index contributed by atoms with van der Waals surface area (Å²) in [7, 11) is 3.06. The third kappa shape index (κ3) is 5.26. The Morgan fingerprint density at radius 3 is 2.66 bits per heavy atom. The molecule has 0 fully saturated rings. The van der Waals surface area contributed by atoms with E-state index in [0.717, 1.165) is 5.56 Å². The Bertz CT molecular complexity index is 1650. The number of esters is 1. The first-order valence-corrected chi connectivity index (χ1v) is 13.2. The van der Waals surface area contributed by atoms with Crippen LogP contribution >= 0.6 is 27.3 Å². The van der Waals surface area contributed by atoms with Crippen molar-refractivity contribution in [3.8, 4) is 29.6 Å². The van der Waals surface area contributed by atoms with Gasteiger partial charge < -0.3 is 18.9 Å². The first kappa shape index (κ1) is 27.2. The molecule has 2 aromatic carbocycles. The van der Waals surface area contributed by atoms with Crippen molar-refractivity contribution in [3.05, 3.63) is 83.0 Å². The van der Waals surface area contributed by atoms with Gasteiger partial charge in [-0.3, -0.25) is 9.36 Å². The molecule has 2 heterocycles. The van der Waals surface area contributed by atoms with E-state index in [-0.39, 0.29) is 24.3 Å². The molecule has 0 aliphatic carbocycles. The molecule has 1 atom stereocenters. The van der Waals surface area contributed by atoms with Crippen LogP contribution in [0.5, 0.6) is 17.2 Å². The molecule has 0 saturated heterocycles. The molecule has 4 rings (SSSR count). The van der Waals surface area contributed by atoms with Crippen LogP contribution in [0.2, 0.25) is 0 Å². The Morgan fingerprint density at radius 1 is 1.24 bits per heavy atom. The highest BCUT2D eigenvalue weighted by atomic mass is 79.9. The normalized spacial score (nSPS) is 14.8. The minimum atomic E-state index is -0.813. The second kappa shape index (κ2) is 11.7. The second-order valence-electron chi connectivity index (χ2n) is 8.10. The van der Waals surface area contributed by atoms with Crippen molar-refractivity contribution in [1.29, 1.82) is 0 Å². The average molecular weight is 597 g/mol. The maximum atomic E-state index is 13.9. The number of terminal acetylenes is 1. The lowest BCUT2D eigenvalue weighted by atomic mass is 9.95. The predicted octanol–water partition coefficient (Wildman–Crippen LogP) is 3.59. The van der Waals surface area contributed by atoms with Crippen LogP contribution in [0.1, 0.15) is 31.0 Å². The standard InChI is InChI=1S/C28H25BrN2O6S/c1-6-11-37-18-10-8-9-17(12-18)13-23-26(32)31-25(19-14-21(34-4)22(35-5)15-20(19)29)24(27(33)36-7-2)16(3)30-28(31)38-23/h1,8-10,12-15,25H,7,11H2,2-5H3/b23-13-/t25-/m0/s1. The van der Waals surface area contributed by atoms with Crippen LogP contribution in [-0.2, 0) is 9.53 Å². The van der Waals surface area contributed by atoms with Crippen molar-refractivity contribution in [2.24, 2.45) is 4.99 Å². The number of carbonyl (C=O) groups is 1. The fourth-order valence-corrected chi connectivity index (χ4v) is 5.72. The van der Waals surface area contributed by atoms with Crippen molar-refractivity contribution < 1.29 is 23.7 Å². The zero-order chi connectivity index (χ0) is 27.4. The zero-order valence-corrected chi connectivity index (χ0v) is 23.6. The summed E-state index contributed by atoms with van der Waals surface area (Å²) in [6, 6.07) is 9.94. The monoisotopic (exact) mass is 596 g/mol. The van der Waals surface area contributed by atoms with Crippen LogP contribution in [0.15, 0.2) is 61.9 Å². The molecular formula is C28H25BrN2O6S. The lowest BCUT2D eigenvalue weighted by molar-refractivity contribution is -0.139. The van der Waals surface area contributed by atoms with Gasteiger partial charge in [0.25, 0.3) is 5.56 Å². The molecule has 1 aliphatic rings. The summed E-state index contributed by atoms with van der Waals surface area (Å²) in [6.45, 7) is 3.78. The summed E-state index contributed by atoms with van der Waals surface area (Å²) in [5.41, 5.74) is 1.81. The van der Waals surface area contributed by atoms with E-state index >= 15 is 0 Å². The predicted molar refractivity (Wildman–Crippen MR) is 148 cm³/mol. The highest BCUT2D eigenvalue weighted by Crippen LogP contribution is 2.40. The number of fused-ring (bicyclic) bond motifs is 1. The van der Waals surface area contributed by atoms with Gasteiger partial charge in [-0.1, -0.05) is 45.3 Å². The molecule has 0 unspecified atom stereocenters. The van der Waals surface area contributed by atoms with E-state index in [4.69, 9.17) is 25.4 Å². The molecule has 0 saturated carbocycles. The summed E-state index contributed by atoms with van der Waals surface area (Å²) >= 11 is 4.83. The lowest BCUT2D eigenvalue weighted by Crippen LogP contribution is -2.40. The molecule has 0 bridgehead atoms. The summed E-state index contributed by atoms with van der Waals surface area (Å²) in [4.78, 5) is 32.1. The highest BCUT2D eigenvalue weighted by molar-refractivity contribution is 9.10. The van der Waals surface area contributed by atoms with Gasteiger partial charge in [-0.25, -0.2) is 9.79 Å². The third-order valence-electron chi connectivity index (χ3n) is 5.79. The minimum Gasteiger partial charge on any atom is -0.493 e. The molecule has 8 nitrogen and oxygen atoms in total. The van der Waals surface area contributed by atoms with Gasteiger partial charge in [0.15, 0.2) is 16.3 Å². The molecule has 38 heavy (non-hydrogen) atoms. The van der Waals surface area contributed by atoms with Gasteiger partial charge in [-0.05, 0) is 55.3 Å². The van der Waals surface area contributed by atoms with Crippen LogP contribution in [-0.4, -0.2) is 38.0 Å². The number of aromatic nitrogens is 1. The maximum absolute atomic E-state index is 13.9. The second-order valence-corrected chi connectivity index (χ2v) is 9.96. The Kier molecular flexibility index (Phi) is 8.39. The third-order valence-corrected chi connectivity index (χ3v) is 7.46. The first-order chi connectivity index (χ1) is 18.3. The van der Waals surface area contributed by atoms with Crippen molar-refractivity contribution >= 4 is 39.3 Å². The smallest absolute Gasteiger partial charge is 0.338 e. The van der Waals surface area contributed by atoms with E-state index in [9.17, 15) is 9.59 Å². The number of rotatable bonds is 8. The largest absolute Gasteiger partial charge is 0.493 e. The number of hydrogen-bond acceptors (Lipinski definition) is 8. The average Bonchev–Trinajstić information content (AvgIpc) is 3.20. The summed E-state index contributed by atoms with van der Waals surface area (Å²) in [5, 5.41) is 0. The van der Waals surface area contributed by atoms with Crippen LogP contribution < -0.4 is 29.1 Å². The van der Waals surface area contributed by atoms with Gasteiger partial charge in [0.2, 0.25) is 0 Å². The zero-order valence-electron chi connectivity index (χ0n) is 21.2. The number of methoxy groups -OCH3 is 2. The number of ether oxygens (including phenoxy) is 4. The van der Waals surface area contributed by atoms with Gasteiger partial charge in [-0.15, -0.1) is 6.42 Å². The molecule has 3 aromatic rings. The molecule has 196 valence electrons. The molecule has 0 N–H and O–H groups in total. The van der Waals surface area contributed by atoms with E-state index in [0.29, 0.717) is 42.3 Å². The Hall–Kier alpha value is -3.81. The van der Waals surface area contributed by atoms with E-state index in [1.807, 2.05) is 12.1 Å². The first-order valence-electron chi connectivity index (χ1n) is 11.6. The lowest BCUT2D eigenvalue weighted by Gasteiger charge is -2.26. The number of hydrogen-bond donors (Lipinski definition) is 0. The Labute approximate surface area is 232 Å². The van der Waals surface area contributed by atoms with Crippen LogP contribution in [0, 0.1) is 12.3 Å². The SMILES string of the molecule is C#CCOc1cccc(/C=c2\sc3n(c2=O)[C@@H](c2cc(OC)c(OC)cc2Br)C(C(=O)OCC)=C(C)N=3)c1. The van der Waals surface area contributed by atoms with Crippen LogP contribution in [0.3, 0.4) is 0 Å². The Balaban J connectivity index is 1.95. The number of benzene rings is 2. The number of carbonyl (C=O) groups excluding carboxylic acids is 1.